The lowest BCUT2D eigenvalue weighted by Gasteiger charge is -2.29. The zero-order valence-electron chi connectivity index (χ0n) is 14.0. The highest BCUT2D eigenvalue weighted by molar-refractivity contribution is 5.53. The Balaban J connectivity index is 1.61. The first-order chi connectivity index (χ1) is 12.3. The third-order valence-electron chi connectivity index (χ3n) is 4.41. The minimum absolute atomic E-state index is 0.0581. The Morgan fingerprint density at radius 1 is 1.12 bits per heavy atom. The number of ether oxygens (including phenoxy) is 2. The summed E-state index contributed by atoms with van der Waals surface area (Å²) in [6.07, 6.45) is 3.56. The molecule has 1 aromatic carbocycles. The van der Waals surface area contributed by atoms with Crippen molar-refractivity contribution in [3.8, 4) is 17.3 Å². The molecule has 0 amide bonds. The van der Waals surface area contributed by atoms with Crippen molar-refractivity contribution in [2.75, 3.05) is 13.7 Å². The second-order valence-corrected chi connectivity index (χ2v) is 6.00. The van der Waals surface area contributed by atoms with Gasteiger partial charge >= 0.3 is 0 Å². The van der Waals surface area contributed by atoms with Crippen LogP contribution in [0.1, 0.15) is 36.3 Å². The quantitative estimate of drug-likeness (QED) is 0.721. The normalized spacial score (nSPS) is 20.4. The van der Waals surface area contributed by atoms with E-state index in [1.807, 2.05) is 24.3 Å². The summed E-state index contributed by atoms with van der Waals surface area (Å²) >= 11 is 0. The number of methoxy groups -OCH3 is 1. The Morgan fingerprint density at radius 2 is 2.00 bits per heavy atom. The molecule has 2 aromatic heterocycles. The smallest absolute Gasteiger partial charge is 0.233 e. The Morgan fingerprint density at radius 3 is 2.76 bits per heavy atom. The second-order valence-electron chi connectivity index (χ2n) is 6.00. The second kappa shape index (κ2) is 7.03. The van der Waals surface area contributed by atoms with Crippen LogP contribution in [0.2, 0.25) is 0 Å². The fourth-order valence-corrected chi connectivity index (χ4v) is 3.14. The Kier molecular flexibility index (Phi) is 4.43. The first-order valence-electron chi connectivity index (χ1n) is 8.36. The van der Waals surface area contributed by atoms with E-state index in [1.165, 1.54) is 0 Å². The zero-order valence-corrected chi connectivity index (χ0v) is 14.0. The van der Waals surface area contributed by atoms with Crippen LogP contribution in [0.5, 0.6) is 5.88 Å². The molecule has 1 aliphatic rings. The van der Waals surface area contributed by atoms with Crippen molar-refractivity contribution in [3.63, 3.8) is 0 Å². The van der Waals surface area contributed by atoms with Crippen molar-refractivity contribution in [2.24, 2.45) is 0 Å². The highest BCUT2D eigenvalue weighted by atomic mass is 16.5. The average Bonchev–Trinajstić information content (AvgIpc) is 3.19. The summed E-state index contributed by atoms with van der Waals surface area (Å²) in [6, 6.07) is 13.8. The van der Waals surface area contributed by atoms with Crippen LogP contribution in [0.3, 0.4) is 0 Å². The van der Waals surface area contributed by atoms with Gasteiger partial charge in [-0.05, 0) is 24.5 Å². The van der Waals surface area contributed by atoms with E-state index < -0.39 is 0 Å². The number of rotatable bonds is 4. The molecule has 0 N–H and O–H groups in total. The third kappa shape index (κ3) is 3.25. The van der Waals surface area contributed by atoms with Crippen LogP contribution in [-0.4, -0.2) is 28.8 Å². The van der Waals surface area contributed by atoms with E-state index in [9.17, 15) is 0 Å². The highest BCUT2D eigenvalue weighted by Gasteiger charge is 2.33. The maximum absolute atomic E-state index is 6.02. The molecule has 0 aliphatic carbocycles. The Hall–Kier alpha value is -2.73. The summed E-state index contributed by atoms with van der Waals surface area (Å²) in [5.41, 5.74) is 1.93. The summed E-state index contributed by atoms with van der Waals surface area (Å²) in [5.74, 6) is 1.75. The first kappa shape index (κ1) is 15.8. The number of nitrogens with zero attached hydrogens (tertiary/aromatic N) is 3. The lowest BCUT2D eigenvalue weighted by atomic mass is 9.89. The molecule has 4 rings (SSSR count). The molecule has 0 radical (unpaired) electrons. The maximum atomic E-state index is 6.02. The monoisotopic (exact) mass is 337 g/mol. The molecule has 0 saturated carbocycles. The molecule has 6 heteroatoms. The van der Waals surface area contributed by atoms with Crippen LogP contribution in [-0.2, 0) is 4.74 Å². The van der Waals surface area contributed by atoms with Crippen molar-refractivity contribution in [2.45, 2.75) is 24.9 Å². The first-order valence-corrected chi connectivity index (χ1v) is 8.36. The van der Waals surface area contributed by atoms with Gasteiger partial charge in [-0.3, -0.25) is 0 Å². The van der Waals surface area contributed by atoms with Gasteiger partial charge < -0.3 is 14.0 Å². The molecule has 3 heterocycles. The van der Waals surface area contributed by atoms with Crippen molar-refractivity contribution < 1.29 is 14.0 Å². The minimum Gasteiger partial charge on any atom is -0.481 e. The van der Waals surface area contributed by atoms with Crippen LogP contribution < -0.4 is 4.74 Å². The van der Waals surface area contributed by atoms with Crippen molar-refractivity contribution in [1.29, 1.82) is 0 Å². The summed E-state index contributed by atoms with van der Waals surface area (Å²) in [5, 5.41) is 4.12. The van der Waals surface area contributed by atoms with Gasteiger partial charge in [0.1, 0.15) is 0 Å². The molecule has 2 atom stereocenters. The van der Waals surface area contributed by atoms with Crippen LogP contribution >= 0.6 is 0 Å². The average molecular weight is 337 g/mol. The lowest BCUT2D eigenvalue weighted by Crippen LogP contribution is -2.21. The number of pyridine rings is 1. The molecule has 3 aromatic rings. The fraction of sp³-hybridized carbons (Fsp3) is 0.316. The molecule has 0 spiro atoms. The summed E-state index contributed by atoms with van der Waals surface area (Å²) in [6.45, 7) is 0.749. The lowest BCUT2D eigenvalue weighted by molar-refractivity contribution is -0.0103. The van der Waals surface area contributed by atoms with Gasteiger partial charge in [0.15, 0.2) is 0 Å². The molecule has 6 nitrogen and oxygen atoms in total. The van der Waals surface area contributed by atoms with Crippen LogP contribution in [0, 0.1) is 0 Å². The molecule has 1 saturated heterocycles. The van der Waals surface area contributed by atoms with Crippen molar-refractivity contribution in [1.82, 2.24) is 15.1 Å². The summed E-state index contributed by atoms with van der Waals surface area (Å²) in [4.78, 5) is 8.79. The predicted octanol–water partition coefficient (Wildman–Crippen LogP) is 3.78. The molecule has 1 aliphatic heterocycles. The predicted molar refractivity (Wildman–Crippen MR) is 91.2 cm³/mol. The van der Waals surface area contributed by atoms with E-state index in [0.717, 1.165) is 30.6 Å². The van der Waals surface area contributed by atoms with Gasteiger partial charge in [0.05, 0.1) is 19.1 Å². The van der Waals surface area contributed by atoms with E-state index in [1.54, 1.807) is 19.4 Å². The van der Waals surface area contributed by atoms with Gasteiger partial charge in [0.25, 0.3) is 0 Å². The molecular weight excluding hydrogens is 318 g/mol. The number of benzene rings is 1. The zero-order chi connectivity index (χ0) is 17.1. The molecule has 0 unspecified atom stereocenters. The maximum Gasteiger partial charge on any atom is 0.233 e. The van der Waals surface area contributed by atoms with Gasteiger partial charge in [-0.25, -0.2) is 4.98 Å². The number of hydrogen-bond acceptors (Lipinski definition) is 6. The summed E-state index contributed by atoms with van der Waals surface area (Å²) < 4.78 is 16.7. The van der Waals surface area contributed by atoms with Crippen molar-refractivity contribution in [3.05, 3.63) is 60.1 Å². The fourth-order valence-electron chi connectivity index (χ4n) is 3.14. The van der Waals surface area contributed by atoms with E-state index in [-0.39, 0.29) is 12.0 Å². The van der Waals surface area contributed by atoms with Crippen LogP contribution in [0.4, 0.5) is 0 Å². The SMILES string of the molecule is COc1ccc(-c2noc([C@@H]3CCCO[C@@H]3c3ccccc3)n2)cn1. The molecular formula is C19H19N3O3. The third-order valence-corrected chi connectivity index (χ3v) is 4.41. The largest absolute Gasteiger partial charge is 0.481 e. The number of hydrogen-bond donors (Lipinski definition) is 0. The van der Waals surface area contributed by atoms with Crippen LogP contribution in [0.25, 0.3) is 11.4 Å². The van der Waals surface area contributed by atoms with Gasteiger partial charge in [0, 0.05) is 24.4 Å². The van der Waals surface area contributed by atoms with Gasteiger partial charge in [0.2, 0.25) is 17.6 Å². The summed E-state index contributed by atoms with van der Waals surface area (Å²) in [7, 11) is 1.58. The van der Waals surface area contributed by atoms with E-state index >= 15 is 0 Å². The molecule has 128 valence electrons. The Labute approximate surface area is 145 Å². The standard InChI is InChI=1S/C19H19N3O3/c1-23-16-10-9-14(12-20-16)18-21-19(25-22-18)15-8-5-11-24-17(15)13-6-3-2-4-7-13/h2-4,6-7,9-10,12,15,17H,5,8,11H2,1H3/t15-,17-/m1/s1. The topological polar surface area (TPSA) is 70.3 Å². The molecule has 25 heavy (non-hydrogen) atoms. The Bertz CT molecular complexity index is 817. The highest BCUT2D eigenvalue weighted by Crippen LogP contribution is 2.40. The van der Waals surface area contributed by atoms with Crippen LogP contribution in [0.15, 0.2) is 53.2 Å². The van der Waals surface area contributed by atoms with Gasteiger partial charge in [-0.1, -0.05) is 35.5 Å². The number of aromatic nitrogens is 3. The van der Waals surface area contributed by atoms with Crippen molar-refractivity contribution >= 4 is 0 Å². The molecule has 0 bridgehead atoms. The molecule has 1 fully saturated rings. The van der Waals surface area contributed by atoms with E-state index in [4.69, 9.17) is 14.0 Å². The van der Waals surface area contributed by atoms with E-state index in [2.05, 4.69) is 27.3 Å². The van der Waals surface area contributed by atoms with Gasteiger partial charge in [-0.15, -0.1) is 0 Å². The van der Waals surface area contributed by atoms with Gasteiger partial charge in [-0.2, -0.15) is 4.98 Å². The van der Waals surface area contributed by atoms with E-state index in [0.29, 0.717) is 17.6 Å². The minimum atomic E-state index is -0.0581.